The summed E-state index contributed by atoms with van der Waals surface area (Å²) in [6.07, 6.45) is 1.67. The first kappa shape index (κ1) is 8.76. The molecule has 0 radical (unpaired) electrons. The van der Waals surface area contributed by atoms with Gasteiger partial charge in [0.25, 0.3) is 0 Å². The van der Waals surface area contributed by atoms with Gasteiger partial charge in [-0.05, 0) is 17.5 Å². The first-order valence-corrected chi connectivity index (χ1v) is 4.59. The molecule has 1 heterocycles. The summed E-state index contributed by atoms with van der Waals surface area (Å²) < 4.78 is 0. The third kappa shape index (κ3) is 1.47. The highest BCUT2D eigenvalue weighted by molar-refractivity contribution is 5.94. The van der Waals surface area contributed by atoms with Crippen molar-refractivity contribution in [3.63, 3.8) is 0 Å². The molecule has 1 amide bonds. The molecule has 1 aromatic rings. The predicted molar refractivity (Wildman–Crippen MR) is 52.7 cm³/mol. The topological polar surface area (TPSA) is 52.9 Å². The quantitative estimate of drug-likeness (QED) is 0.724. The van der Waals surface area contributed by atoms with Crippen molar-refractivity contribution in [1.29, 1.82) is 5.26 Å². The number of hydrogen-bond donors (Lipinski definition) is 1. The van der Waals surface area contributed by atoms with Crippen LogP contribution in [0.5, 0.6) is 0 Å². The van der Waals surface area contributed by atoms with Crippen LogP contribution in [0, 0.1) is 11.3 Å². The van der Waals surface area contributed by atoms with Crippen molar-refractivity contribution in [2.75, 3.05) is 5.32 Å². The second-order valence-corrected chi connectivity index (χ2v) is 3.33. The number of anilines is 1. The first-order valence-electron chi connectivity index (χ1n) is 4.59. The Hall–Kier alpha value is -1.82. The molecule has 1 N–H and O–H groups in total. The highest BCUT2D eigenvalue weighted by Gasteiger charge is 2.16. The smallest absolute Gasteiger partial charge is 0.224 e. The van der Waals surface area contributed by atoms with Gasteiger partial charge in [0, 0.05) is 12.1 Å². The number of carbonyl (C=O) groups excluding carboxylic acids is 1. The van der Waals surface area contributed by atoms with Crippen molar-refractivity contribution in [3.8, 4) is 6.07 Å². The minimum absolute atomic E-state index is 0.0443. The second kappa shape index (κ2) is 3.51. The van der Waals surface area contributed by atoms with Crippen LogP contribution < -0.4 is 5.32 Å². The number of amides is 1. The van der Waals surface area contributed by atoms with Crippen LogP contribution >= 0.6 is 0 Å². The molecule has 2 rings (SSSR count). The molecule has 0 saturated carbocycles. The molecule has 0 aliphatic carbocycles. The molecule has 3 nitrogen and oxygen atoms in total. The lowest BCUT2D eigenvalue weighted by Gasteiger charge is -2.18. The van der Waals surface area contributed by atoms with E-state index >= 15 is 0 Å². The Balaban J connectivity index is 2.44. The standard InChI is InChI=1S/C11H10N2O/c12-7-6-9-3-1-2-8-4-5-10(14)13-11(8)9/h1-3H,4-6H2,(H,13,14). The maximum absolute atomic E-state index is 11.2. The highest BCUT2D eigenvalue weighted by Crippen LogP contribution is 2.26. The molecule has 70 valence electrons. The SMILES string of the molecule is N#CCc1cccc2c1NC(=O)CC2. The minimum atomic E-state index is 0.0443. The molecule has 0 spiro atoms. The van der Waals surface area contributed by atoms with Gasteiger partial charge in [-0.1, -0.05) is 18.2 Å². The molecule has 0 atom stereocenters. The average Bonchev–Trinajstić information content (AvgIpc) is 2.19. The second-order valence-electron chi connectivity index (χ2n) is 3.33. The Bertz CT molecular complexity index is 418. The number of para-hydroxylation sites is 1. The molecule has 1 aliphatic rings. The Morgan fingerprint density at radius 2 is 2.29 bits per heavy atom. The van der Waals surface area contributed by atoms with Gasteiger partial charge in [0.15, 0.2) is 0 Å². The van der Waals surface area contributed by atoms with Gasteiger partial charge in [-0.15, -0.1) is 0 Å². The molecule has 14 heavy (non-hydrogen) atoms. The summed E-state index contributed by atoms with van der Waals surface area (Å²) in [7, 11) is 0. The first-order chi connectivity index (χ1) is 6.81. The normalized spacial score (nSPS) is 14.1. The molecule has 0 aromatic heterocycles. The van der Waals surface area contributed by atoms with Crippen LogP contribution in [0.1, 0.15) is 17.5 Å². The monoisotopic (exact) mass is 186 g/mol. The summed E-state index contributed by atoms with van der Waals surface area (Å²) in [6.45, 7) is 0. The number of nitrogens with zero attached hydrogens (tertiary/aromatic N) is 1. The summed E-state index contributed by atoms with van der Waals surface area (Å²) in [5.41, 5.74) is 2.90. The number of aryl methyl sites for hydroxylation is 1. The predicted octanol–water partition coefficient (Wildman–Crippen LogP) is 1.64. The Morgan fingerprint density at radius 3 is 3.07 bits per heavy atom. The van der Waals surface area contributed by atoms with Crippen molar-refractivity contribution in [2.45, 2.75) is 19.3 Å². The minimum Gasteiger partial charge on any atom is -0.326 e. The Morgan fingerprint density at radius 1 is 1.43 bits per heavy atom. The molecule has 0 fully saturated rings. The zero-order valence-electron chi connectivity index (χ0n) is 7.71. The third-order valence-corrected chi connectivity index (χ3v) is 2.39. The lowest BCUT2D eigenvalue weighted by atomic mass is 9.98. The highest BCUT2D eigenvalue weighted by atomic mass is 16.1. The van der Waals surface area contributed by atoms with Gasteiger partial charge < -0.3 is 5.32 Å². The zero-order chi connectivity index (χ0) is 9.97. The number of carbonyl (C=O) groups is 1. The van der Waals surface area contributed by atoms with Gasteiger partial charge in [-0.3, -0.25) is 4.79 Å². The summed E-state index contributed by atoms with van der Waals surface area (Å²) in [5, 5.41) is 11.4. The van der Waals surface area contributed by atoms with Crippen LogP contribution in [0.15, 0.2) is 18.2 Å². The van der Waals surface area contributed by atoms with E-state index in [9.17, 15) is 4.79 Å². The molecule has 0 bridgehead atoms. The van der Waals surface area contributed by atoms with Gasteiger partial charge in [-0.25, -0.2) is 0 Å². The van der Waals surface area contributed by atoms with Crippen molar-refractivity contribution >= 4 is 11.6 Å². The van der Waals surface area contributed by atoms with Gasteiger partial charge in [0.05, 0.1) is 12.5 Å². The van der Waals surface area contributed by atoms with E-state index < -0.39 is 0 Å². The molecule has 1 aliphatic heterocycles. The van der Waals surface area contributed by atoms with E-state index in [-0.39, 0.29) is 5.91 Å². The third-order valence-electron chi connectivity index (χ3n) is 2.39. The van der Waals surface area contributed by atoms with Gasteiger partial charge in [-0.2, -0.15) is 5.26 Å². The van der Waals surface area contributed by atoms with E-state index in [1.54, 1.807) is 0 Å². The van der Waals surface area contributed by atoms with E-state index in [2.05, 4.69) is 11.4 Å². The molecular weight excluding hydrogens is 176 g/mol. The molecule has 0 saturated heterocycles. The summed E-state index contributed by atoms with van der Waals surface area (Å²) >= 11 is 0. The van der Waals surface area contributed by atoms with Gasteiger partial charge in [0.2, 0.25) is 5.91 Å². The molecule has 0 unspecified atom stereocenters. The number of fused-ring (bicyclic) bond motifs is 1. The van der Waals surface area contributed by atoms with Crippen molar-refractivity contribution in [3.05, 3.63) is 29.3 Å². The average molecular weight is 186 g/mol. The Kier molecular flexibility index (Phi) is 2.19. The Labute approximate surface area is 82.4 Å². The van der Waals surface area contributed by atoms with E-state index in [1.807, 2.05) is 18.2 Å². The van der Waals surface area contributed by atoms with E-state index in [1.165, 1.54) is 0 Å². The van der Waals surface area contributed by atoms with Crippen LogP contribution in [0.3, 0.4) is 0 Å². The number of nitriles is 1. The number of benzene rings is 1. The van der Waals surface area contributed by atoms with Crippen molar-refractivity contribution in [1.82, 2.24) is 0 Å². The maximum Gasteiger partial charge on any atom is 0.224 e. The van der Waals surface area contributed by atoms with Gasteiger partial charge >= 0.3 is 0 Å². The lowest BCUT2D eigenvalue weighted by Crippen LogP contribution is -2.20. The van der Waals surface area contributed by atoms with E-state index in [0.717, 1.165) is 23.2 Å². The van der Waals surface area contributed by atoms with E-state index in [4.69, 9.17) is 5.26 Å². The van der Waals surface area contributed by atoms with Crippen LogP contribution in [0.2, 0.25) is 0 Å². The van der Waals surface area contributed by atoms with Crippen LogP contribution in [-0.4, -0.2) is 5.91 Å². The summed E-state index contributed by atoms with van der Waals surface area (Å²) in [6, 6.07) is 7.91. The van der Waals surface area contributed by atoms with Crippen LogP contribution in [0.4, 0.5) is 5.69 Å². The zero-order valence-corrected chi connectivity index (χ0v) is 7.71. The van der Waals surface area contributed by atoms with Gasteiger partial charge in [0.1, 0.15) is 0 Å². The summed E-state index contributed by atoms with van der Waals surface area (Å²) in [4.78, 5) is 11.2. The van der Waals surface area contributed by atoms with Crippen molar-refractivity contribution < 1.29 is 4.79 Å². The fourth-order valence-corrected chi connectivity index (χ4v) is 1.70. The molecule has 1 aromatic carbocycles. The number of nitrogens with one attached hydrogen (secondary N) is 1. The van der Waals surface area contributed by atoms with Crippen LogP contribution in [0.25, 0.3) is 0 Å². The fraction of sp³-hybridized carbons (Fsp3) is 0.273. The number of hydrogen-bond acceptors (Lipinski definition) is 2. The number of rotatable bonds is 1. The largest absolute Gasteiger partial charge is 0.326 e. The molecule has 3 heteroatoms. The fourth-order valence-electron chi connectivity index (χ4n) is 1.70. The van der Waals surface area contributed by atoms with Crippen molar-refractivity contribution in [2.24, 2.45) is 0 Å². The maximum atomic E-state index is 11.2. The summed E-state index contributed by atoms with van der Waals surface area (Å²) in [5.74, 6) is 0.0443. The molecular formula is C11H10N2O. The van der Waals surface area contributed by atoms with E-state index in [0.29, 0.717) is 12.8 Å². The lowest BCUT2D eigenvalue weighted by molar-refractivity contribution is -0.116. The van der Waals surface area contributed by atoms with Crippen LogP contribution in [-0.2, 0) is 17.6 Å².